The SMILES string of the molecule is CNC(=O)C1(Cc2ccccc2-c2cccnc2)CCCN(Cc2cccc(C)c2OC)C1. The van der Waals surface area contributed by atoms with Gasteiger partial charge in [-0.25, -0.2) is 0 Å². The van der Waals surface area contributed by atoms with Gasteiger partial charge in [-0.15, -0.1) is 0 Å². The van der Waals surface area contributed by atoms with Crippen molar-refractivity contribution in [3.8, 4) is 16.9 Å². The smallest absolute Gasteiger partial charge is 0.227 e. The van der Waals surface area contributed by atoms with E-state index < -0.39 is 5.41 Å². The molecule has 33 heavy (non-hydrogen) atoms. The van der Waals surface area contributed by atoms with Crippen LogP contribution in [0.5, 0.6) is 5.75 Å². The molecule has 1 saturated heterocycles. The van der Waals surface area contributed by atoms with Crippen LogP contribution in [0.1, 0.15) is 29.5 Å². The zero-order valence-corrected chi connectivity index (χ0v) is 19.8. The maximum Gasteiger partial charge on any atom is 0.227 e. The molecule has 1 amide bonds. The first-order valence-electron chi connectivity index (χ1n) is 11.6. The Bertz CT molecular complexity index is 1100. The molecule has 1 atom stereocenters. The van der Waals surface area contributed by atoms with Crippen molar-refractivity contribution in [2.75, 3.05) is 27.2 Å². The van der Waals surface area contributed by atoms with Crippen molar-refractivity contribution in [2.45, 2.75) is 32.7 Å². The Kier molecular flexibility index (Phi) is 7.09. The first kappa shape index (κ1) is 23.0. The van der Waals surface area contributed by atoms with E-state index in [0.29, 0.717) is 13.0 Å². The van der Waals surface area contributed by atoms with E-state index in [4.69, 9.17) is 4.74 Å². The Labute approximate surface area is 196 Å². The van der Waals surface area contributed by atoms with Crippen LogP contribution in [0.15, 0.2) is 67.0 Å². The summed E-state index contributed by atoms with van der Waals surface area (Å²) in [5.74, 6) is 1.06. The summed E-state index contributed by atoms with van der Waals surface area (Å²) in [5.41, 5.74) is 5.23. The summed E-state index contributed by atoms with van der Waals surface area (Å²) >= 11 is 0. The van der Waals surface area contributed by atoms with Crippen molar-refractivity contribution in [3.05, 3.63) is 83.7 Å². The molecule has 1 fully saturated rings. The van der Waals surface area contributed by atoms with Gasteiger partial charge < -0.3 is 10.1 Å². The number of hydrogen-bond acceptors (Lipinski definition) is 4. The van der Waals surface area contributed by atoms with Crippen LogP contribution < -0.4 is 10.1 Å². The first-order chi connectivity index (χ1) is 16.1. The second kappa shape index (κ2) is 10.2. The van der Waals surface area contributed by atoms with Crippen molar-refractivity contribution >= 4 is 5.91 Å². The number of ether oxygens (including phenoxy) is 1. The number of nitrogens with zero attached hydrogens (tertiary/aromatic N) is 2. The van der Waals surface area contributed by atoms with E-state index in [9.17, 15) is 4.79 Å². The first-order valence-corrected chi connectivity index (χ1v) is 11.6. The van der Waals surface area contributed by atoms with Crippen molar-refractivity contribution in [2.24, 2.45) is 5.41 Å². The lowest BCUT2D eigenvalue weighted by atomic mass is 9.73. The van der Waals surface area contributed by atoms with Crippen LogP contribution in [0.3, 0.4) is 0 Å². The Hall–Kier alpha value is -3.18. The largest absolute Gasteiger partial charge is 0.496 e. The van der Waals surface area contributed by atoms with Crippen LogP contribution in [0.25, 0.3) is 11.1 Å². The van der Waals surface area contributed by atoms with Gasteiger partial charge in [-0.05, 0) is 55.5 Å². The number of benzene rings is 2. The monoisotopic (exact) mass is 443 g/mol. The lowest BCUT2D eigenvalue weighted by Gasteiger charge is -2.42. The zero-order chi connectivity index (χ0) is 23.3. The number of piperidine rings is 1. The number of carbonyl (C=O) groups is 1. The third-order valence-corrected chi connectivity index (χ3v) is 6.77. The second-order valence-electron chi connectivity index (χ2n) is 9.02. The van der Waals surface area contributed by atoms with Crippen molar-refractivity contribution in [1.29, 1.82) is 0 Å². The molecular formula is C28H33N3O2. The number of aryl methyl sites for hydroxylation is 1. The van der Waals surface area contributed by atoms with E-state index in [0.717, 1.165) is 48.4 Å². The molecule has 1 aromatic heterocycles. The van der Waals surface area contributed by atoms with Gasteiger partial charge in [0.2, 0.25) is 5.91 Å². The number of nitrogens with one attached hydrogen (secondary N) is 1. The summed E-state index contributed by atoms with van der Waals surface area (Å²) in [6.07, 6.45) is 6.23. The van der Waals surface area contributed by atoms with E-state index in [1.807, 2.05) is 12.3 Å². The number of rotatable bonds is 7. The third kappa shape index (κ3) is 4.93. The minimum absolute atomic E-state index is 0.115. The molecule has 0 aliphatic carbocycles. The molecule has 3 aromatic rings. The van der Waals surface area contributed by atoms with Crippen LogP contribution in [-0.4, -0.2) is 43.0 Å². The van der Waals surface area contributed by atoms with Crippen LogP contribution >= 0.6 is 0 Å². The lowest BCUT2D eigenvalue weighted by Crippen LogP contribution is -2.52. The molecule has 0 bridgehead atoms. The van der Waals surface area contributed by atoms with Crippen molar-refractivity contribution < 1.29 is 9.53 Å². The molecule has 0 spiro atoms. The number of hydrogen-bond donors (Lipinski definition) is 1. The number of amides is 1. The second-order valence-corrected chi connectivity index (χ2v) is 9.02. The van der Waals surface area contributed by atoms with Gasteiger partial charge >= 0.3 is 0 Å². The van der Waals surface area contributed by atoms with Gasteiger partial charge in [0.05, 0.1) is 12.5 Å². The van der Waals surface area contributed by atoms with E-state index >= 15 is 0 Å². The molecule has 1 unspecified atom stereocenters. The highest BCUT2D eigenvalue weighted by atomic mass is 16.5. The zero-order valence-electron chi connectivity index (χ0n) is 19.8. The molecular weight excluding hydrogens is 410 g/mol. The molecule has 5 heteroatoms. The average molecular weight is 444 g/mol. The fraction of sp³-hybridized carbons (Fsp3) is 0.357. The molecule has 0 saturated carbocycles. The van der Waals surface area contributed by atoms with E-state index in [2.05, 4.69) is 70.7 Å². The Balaban J connectivity index is 1.64. The number of aromatic nitrogens is 1. The molecule has 1 aliphatic rings. The topological polar surface area (TPSA) is 54.5 Å². The molecule has 1 aliphatic heterocycles. The fourth-order valence-corrected chi connectivity index (χ4v) is 5.25. The fourth-order valence-electron chi connectivity index (χ4n) is 5.25. The summed E-state index contributed by atoms with van der Waals surface area (Å²) < 4.78 is 5.69. The maximum atomic E-state index is 13.3. The molecule has 2 heterocycles. The highest BCUT2D eigenvalue weighted by Gasteiger charge is 2.42. The standard InChI is InChI=1S/C28H33N3O2/c1-21-9-6-11-24(26(21)33-3)19-31-16-8-14-28(20-31,27(32)29-2)17-22-10-4-5-13-25(22)23-12-7-15-30-18-23/h4-7,9-13,15,18H,8,14,16-17,19-20H2,1-3H3,(H,29,32). The van der Waals surface area contributed by atoms with Crippen LogP contribution in [-0.2, 0) is 17.8 Å². The van der Waals surface area contributed by atoms with Crippen LogP contribution in [0, 0.1) is 12.3 Å². The predicted octanol–water partition coefficient (Wildman–Crippen LogP) is 4.64. The number of pyridine rings is 1. The molecule has 2 aromatic carbocycles. The van der Waals surface area contributed by atoms with Gasteiger partial charge in [-0.3, -0.25) is 14.7 Å². The molecule has 172 valence electrons. The summed E-state index contributed by atoms with van der Waals surface area (Å²) in [6.45, 7) is 4.53. The molecule has 4 rings (SSSR count). The number of para-hydroxylation sites is 1. The van der Waals surface area contributed by atoms with E-state index in [-0.39, 0.29) is 5.91 Å². The van der Waals surface area contributed by atoms with E-state index in [1.54, 1.807) is 20.4 Å². The van der Waals surface area contributed by atoms with Gasteiger partial charge in [-0.1, -0.05) is 48.5 Å². The van der Waals surface area contributed by atoms with Crippen molar-refractivity contribution in [1.82, 2.24) is 15.2 Å². The summed E-state index contributed by atoms with van der Waals surface area (Å²) in [7, 11) is 3.48. The third-order valence-electron chi connectivity index (χ3n) is 6.77. The normalized spacial score (nSPS) is 18.6. The molecule has 1 N–H and O–H groups in total. The highest BCUT2D eigenvalue weighted by Crippen LogP contribution is 2.38. The van der Waals surface area contributed by atoms with Crippen molar-refractivity contribution in [3.63, 3.8) is 0 Å². The summed E-state index contributed by atoms with van der Waals surface area (Å²) in [5, 5.41) is 2.97. The maximum absolute atomic E-state index is 13.3. The number of likely N-dealkylation sites (tertiary alicyclic amines) is 1. The Morgan fingerprint density at radius 1 is 1.12 bits per heavy atom. The average Bonchev–Trinajstić information content (AvgIpc) is 2.85. The van der Waals surface area contributed by atoms with Gasteiger partial charge in [0.15, 0.2) is 0 Å². The molecule has 5 nitrogen and oxygen atoms in total. The summed E-state index contributed by atoms with van der Waals surface area (Å²) in [4.78, 5) is 20.0. The van der Waals surface area contributed by atoms with E-state index in [1.165, 1.54) is 11.1 Å². The van der Waals surface area contributed by atoms with Gasteiger partial charge in [0.1, 0.15) is 5.75 Å². The summed E-state index contributed by atoms with van der Waals surface area (Å²) in [6, 6.07) is 18.7. The number of methoxy groups -OCH3 is 1. The van der Waals surface area contributed by atoms with Gasteiger partial charge in [0.25, 0.3) is 0 Å². The van der Waals surface area contributed by atoms with Gasteiger partial charge in [-0.2, -0.15) is 0 Å². The number of carbonyl (C=O) groups excluding carboxylic acids is 1. The minimum Gasteiger partial charge on any atom is -0.496 e. The minimum atomic E-state index is -0.484. The van der Waals surface area contributed by atoms with Crippen LogP contribution in [0.2, 0.25) is 0 Å². The molecule has 0 radical (unpaired) electrons. The van der Waals surface area contributed by atoms with Crippen LogP contribution in [0.4, 0.5) is 0 Å². The predicted molar refractivity (Wildman–Crippen MR) is 132 cm³/mol. The lowest BCUT2D eigenvalue weighted by molar-refractivity contribution is -0.134. The highest BCUT2D eigenvalue weighted by molar-refractivity contribution is 5.83. The van der Waals surface area contributed by atoms with Gasteiger partial charge in [0, 0.05) is 43.7 Å². The Morgan fingerprint density at radius 2 is 1.94 bits per heavy atom. The Morgan fingerprint density at radius 3 is 2.70 bits per heavy atom. The quantitative estimate of drug-likeness (QED) is 0.578.